The van der Waals surface area contributed by atoms with Gasteiger partial charge in [-0.2, -0.15) is 0 Å². The number of rotatable bonds is 5. The Morgan fingerprint density at radius 2 is 0.978 bits per heavy atom. The largest absolute Gasteiger partial charge is 0.456 e. The molecule has 0 spiro atoms. The quantitative estimate of drug-likeness (QED) is 0.221. The Balaban J connectivity index is 0.997. The lowest BCUT2D eigenvalue weighted by molar-refractivity contribution is 0.669. The van der Waals surface area contributed by atoms with Crippen LogP contribution in [0.15, 0.2) is 168 Å². The van der Waals surface area contributed by atoms with Crippen molar-refractivity contribution in [2.24, 2.45) is 0 Å². The molecule has 3 nitrogen and oxygen atoms in total. The van der Waals surface area contributed by atoms with E-state index in [1.165, 1.54) is 38.5 Å². The van der Waals surface area contributed by atoms with Crippen LogP contribution >= 0.6 is 0 Å². The maximum Gasteiger partial charge on any atom is 0.136 e. The molecule has 212 valence electrons. The molecule has 0 aliphatic rings. The molecule has 9 aromatic rings. The minimum absolute atomic E-state index is 0.914. The minimum atomic E-state index is 0.914. The van der Waals surface area contributed by atoms with Crippen molar-refractivity contribution in [2.45, 2.75) is 0 Å². The number of anilines is 2. The van der Waals surface area contributed by atoms with Gasteiger partial charge in [0, 0.05) is 38.6 Å². The Morgan fingerprint density at radius 3 is 1.76 bits per heavy atom. The van der Waals surface area contributed by atoms with E-state index < -0.39 is 0 Å². The van der Waals surface area contributed by atoms with Crippen LogP contribution in [0.25, 0.3) is 71.7 Å². The molecule has 0 saturated heterocycles. The summed E-state index contributed by atoms with van der Waals surface area (Å²) in [7, 11) is 0. The minimum Gasteiger partial charge on any atom is -0.456 e. The second-order valence-electron chi connectivity index (χ2n) is 11.5. The van der Waals surface area contributed by atoms with Crippen LogP contribution in [0, 0.1) is 0 Å². The molecule has 0 aliphatic carbocycles. The Kier molecular flexibility index (Phi) is 5.82. The van der Waals surface area contributed by atoms with Gasteiger partial charge in [0.15, 0.2) is 0 Å². The summed E-state index contributed by atoms with van der Waals surface area (Å²) in [6, 6.07) is 57.9. The van der Waals surface area contributed by atoms with Crippen LogP contribution in [-0.2, 0) is 0 Å². The summed E-state index contributed by atoms with van der Waals surface area (Å²) in [5, 5.41) is 8.45. The number of benzene rings is 7. The zero-order chi connectivity index (χ0) is 29.7. The average Bonchev–Trinajstić information content (AvgIpc) is 3.64. The topological polar surface area (TPSA) is 30.1 Å². The standard InChI is InChI=1S/C42H28N2O/c1-4-16-39-35(13-1)36-14-2-5-17-40(36)44(39)34-12-8-11-33(27-34)43-32-22-19-28(20-23-32)29-9-7-10-30(25-29)31-21-24-38-37-15-3-6-18-41(37)45-42(38)26-31/h1-27,43H. The number of nitrogens with one attached hydrogen (secondary N) is 1. The lowest BCUT2D eigenvalue weighted by Crippen LogP contribution is -1.96. The maximum absolute atomic E-state index is 6.15. The molecule has 2 heterocycles. The van der Waals surface area contributed by atoms with E-state index in [4.69, 9.17) is 4.42 Å². The summed E-state index contributed by atoms with van der Waals surface area (Å²) < 4.78 is 8.49. The SMILES string of the molecule is c1cc(-c2ccc(Nc3cccc(-n4c5ccccc5c5ccccc54)c3)cc2)cc(-c2ccc3c(c2)oc2ccccc23)c1. The molecule has 0 unspecified atom stereocenters. The van der Waals surface area contributed by atoms with Crippen molar-refractivity contribution in [1.29, 1.82) is 0 Å². The molecule has 2 aromatic heterocycles. The van der Waals surface area contributed by atoms with Gasteiger partial charge in [-0.1, -0.05) is 97.1 Å². The van der Waals surface area contributed by atoms with Gasteiger partial charge < -0.3 is 14.3 Å². The first-order valence-electron chi connectivity index (χ1n) is 15.3. The van der Waals surface area contributed by atoms with E-state index in [0.717, 1.165) is 44.6 Å². The zero-order valence-corrected chi connectivity index (χ0v) is 24.4. The summed E-state index contributed by atoms with van der Waals surface area (Å²) in [5.41, 5.74) is 12.1. The van der Waals surface area contributed by atoms with Crippen molar-refractivity contribution in [2.75, 3.05) is 5.32 Å². The molecule has 0 fully saturated rings. The van der Waals surface area contributed by atoms with Gasteiger partial charge in [0.1, 0.15) is 11.2 Å². The summed E-state index contributed by atoms with van der Waals surface area (Å²) in [6.07, 6.45) is 0. The lowest BCUT2D eigenvalue weighted by atomic mass is 9.98. The van der Waals surface area contributed by atoms with E-state index in [9.17, 15) is 0 Å². The molecule has 45 heavy (non-hydrogen) atoms. The first kappa shape index (κ1) is 25.4. The van der Waals surface area contributed by atoms with E-state index in [2.05, 4.69) is 162 Å². The summed E-state index contributed by atoms with van der Waals surface area (Å²) in [4.78, 5) is 0. The van der Waals surface area contributed by atoms with Gasteiger partial charge in [-0.05, 0) is 89.0 Å². The molecule has 0 saturated carbocycles. The Labute approximate surface area is 260 Å². The van der Waals surface area contributed by atoms with Gasteiger partial charge in [0.25, 0.3) is 0 Å². The van der Waals surface area contributed by atoms with Crippen LogP contribution < -0.4 is 5.32 Å². The number of hydrogen-bond acceptors (Lipinski definition) is 2. The molecule has 7 aromatic carbocycles. The predicted octanol–water partition coefficient (Wildman–Crippen LogP) is 11.8. The van der Waals surface area contributed by atoms with Gasteiger partial charge in [0.2, 0.25) is 0 Å². The number of nitrogens with zero attached hydrogens (tertiary/aromatic N) is 1. The summed E-state index contributed by atoms with van der Waals surface area (Å²) >= 11 is 0. The van der Waals surface area contributed by atoms with E-state index in [-0.39, 0.29) is 0 Å². The van der Waals surface area contributed by atoms with Crippen LogP contribution in [0.2, 0.25) is 0 Å². The molecule has 0 bridgehead atoms. The Morgan fingerprint density at radius 1 is 0.378 bits per heavy atom. The van der Waals surface area contributed by atoms with Crippen LogP contribution in [0.5, 0.6) is 0 Å². The van der Waals surface area contributed by atoms with Gasteiger partial charge in [-0.25, -0.2) is 0 Å². The van der Waals surface area contributed by atoms with Crippen LogP contribution in [0.3, 0.4) is 0 Å². The van der Waals surface area contributed by atoms with Gasteiger partial charge >= 0.3 is 0 Å². The summed E-state index contributed by atoms with van der Waals surface area (Å²) in [5.74, 6) is 0. The highest BCUT2D eigenvalue weighted by atomic mass is 16.3. The second-order valence-corrected chi connectivity index (χ2v) is 11.5. The van der Waals surface area contributed by atoms with Gasteiger partial charge in [0.05, 0.1) is 11.0 Å². The Hall–Kier alpha value is -6.06. The fraction of sp³-hybridized carbons (Fsp3) is 0. The van der Waals surface area contributed by atoms with Crippen molar-refractivity contribution in [3.05, 3.63) is 164 Å². The number of aromatic nitrogens is 1. The number of para-hydroxylation sites is 3. The first-order chi connectivity index (χ1) is 22.3. The third kappa shape index (κ3) is 4.37. The third-order valence-electron chi connectivity index (χ3n) is 8.77. The van der Waals surface area contributed by atoms with E-state index in [1.54, 1.807) is 0 Å². The van der Waals surface area contributed by atoms with Gasteiger partial charge in [-0.15, -0.1) is 0 Å². The van der Waals surface area contributed by atoms with Crippen molar-refractivity contribution < 1.29 is 4.42 Å². The van der Waals surface area contributed by atoms with E-state index >= 15 is 0 Å². The summed E-state index contributed by atoms with van der Waals surface area (Å²) in [6.45, 7) is 0. The second kappa shape index (κ2) is 10.3. The molecule has 0 radical (unpaired) electrons. The van der Waals surface area contributed by atoms with Crippen molar-refractivity contribution in [3.8, 4) is 27.9 Å². The highest BCUT2D eigenvalue weighted by molar-refractivity contribution is 6.09. The molecular weight excluding hydrogens is 548 g/mol. The average molecular weight is 577 g/mol. The molecular formula is C42H28N2O. The molecule has 0 amide bonds. The fourth-order valence-electron chi connectivity index (χ4n) is 6.62. The molecule has 3 heteroatoms. The van der Waals surface area contributed by atoms with Crippen molar-refractivity contribution >= 4 is 55.1 Å². The number of fused-ring (bicyclic) bond motifs is 6. The number of hydrogen-bond donors (Lipinski definition) is 1. The highest BCUT2D eigenvalue weighted by Crippen LogP contribution is 2.35. The van der Waals surface area contributed by atoms with Crippen LogP contribution in [-0.4, -0.2) is 4.57 Å². The lowest BCUT2D eigenvalue weighted by Gasteiger charge is -2.12. The maximum atomic E-state index is 6.15. The predicted molar refractivity (Wildman–Crippen MR) is 189 cm³/mol. The molecule has 9 rings (SSSR count). The smallest absolute Gasteiger partial charge is 0.136 e. The normalized spacial score (nSPS) is 11.6. The molecule has 1 N–H and O–H groups in total. The monoisotopic (exact) mass is 576 g/mol. The van der Waals surface area contributed by atoms with Crippen molar-refractivity contribution in [3.63, 3.8) is 0 Å². The first-order valence-corrected chi connectivity index (χ1v) is 15.3. The number of furan rings is 1. The zero-order valence-electron chi connectivity index (χ0n) is 24.4. The van der Waals surface area contributed by atoms with E-state index in [0.29, 0.717) is 0 Å². The highest BCUT2D eigenvalue weighted by Gasteiger charge is 2.12. The molecule has 0 atom stereocenters. The van der Waals surface area contributed by atoms with Crippen LogP contribution in [0.4, 0.5) is 11.4 Å². The van der Waals surface area contributed by atoms with Crippen molar-refractivity contribution in [1.82, 2.24) is 4.57 Å². The molecule has 0 aliphatic heterocycles. The fourth-order valence-corrected chi connectivity index (χ4v) is 6.62. The third-order valence-corrected chi connectivity index (χ3v) is 8.77. The van der Waals surface area contributed by atoms with Gasteiger partial charge in [-0.3, -0.25) is 0 Å². The van der Waals surface area contributed by atoms with Crippen LogP contribution in [0.1, 0.15) is 0 Å². The van der Waals surface area contributed by atoms with E-state index in [1.807, 2.05) is 12.1 Å². The Bertz CT molecular complexity index is 2460.